The summed E-state index contributed by atoms with van der Waals surface area (Å²) in [6.07, 6.45) is 1.02. The standard InChI is InChI=1S/C13H20ClN3/c1-9-6-10(14)7-12-13(9)17(3)11(4-5-15)8-16(12)2/h6-7,11H,4-5,8,15H2,1-3H3. The fourth-order valence-electron chi connectivity index (χ4n) is 2.66. The molecule has 2 N–H and O–H groups in total. The number of rotatable bonds is 2. The normalized spacial score (nSPS) is 19.5. The summed E-state index contributed by atoms with van der Waals surface area (Å²) in [5.41, 5.74) is 9.40. The Balaban J connectivity index is 2.45. The number of hydrogen-bond acceptors (Lipinski definition) is 3. The van der Waals surface area contributed by atoms with Gasteiger partial charge < -0.3 is 15.5 Å². The molecule has 0 amide bonds. The predicted octanol–water partition coefficient (Wildman–Crippen LogP) is 2.25. The number of fused-ring (bicyclic) bond motifs is 1. The maximum atomic E-state index is 6.13. The van der Waals surface area contributed by atoms with Crippen LogP contribution in [0.2, 0.25) is 5.02 Å². The molecule has 4 heteroatoms. The van der Waals surface area contributed by atoms with Crippen molar-refractivity contribution in [3.8, 4) is 0 Å². The van der Waals surface area contributed by atoms with Gasteiger partial charge in [0.05, 0.1) is 11.4 Å². The molecule has 1 aromatic rings. The van der Waals surface area contributed by atoms with Gasteiger partial charge in [0.1, 0.15) is 0 Å². The molecule has 0 saturated carbocycles. The number of likely N-dealkylation sites (N-methyl/N-ethyl adjacent to an activating group) is 2. The second kappa shape index (κ2) is 4.75. The van der Waals surface area contributed by atoms with Crippen molar-refractivity contribution in [2.45, 2.75) is 19.4 Å². The van der Waals surface area contributed by atoms with Gasteiger partial charge in [-0.15, -0.1) is 0 Å². The highest BCUT2D eigenvalue weighted by Gasteiger charge is 2.27. The zero-order valence-corrected chi connectivity index (χ0v) is 11.5. The van der Waals surface area contributed by atoms with Crippen molar-refractivity contribution < 1.29 is 0 Å². The van der Waals surface area contributed by atoms with Crippen LogP contribution in [0.25, 0.3) is 0 Å². The molecule has 94 valence electrons. The van der Waals surface area contributed by atoms with Gasteiger partial charge in [-0.25, -0.2) is 0 Å². The molecular formula is C13H20ClN3. The van der Waals surface area contributed by atoms with Crippen LogP contribution in [0.3, 0.4) is 0 Å². The summed E-state index contributed by atoms with van der Waals surface area (Å²) in [7, 11) is 4.26. The van der Waals surface area contributed by atoms with Gasteiger partial charge in [0.15, 0.2) is 0 Å². The summed E-state index contributed by atoms with van der Waals surface area (Å²) in [5, 5.41) is 0.804. The molecule has 17 heavy (non-hydrogen) atoms. The molecule has 0 aliphatic carbocycles. The summed E-state index contributed by atoms with van der Waals surface area (Å²) in [6, 6.07) is 4.55. The van der Waals surface area contributed by atoms with Crippen molar-refractivity contribution in [3.05, 3.63) is 22.7 Å². The third-order valence-electron chi connectivity index (χ3n) is 3.54. The number of benzene rings is 1. The van der Waals surface area contributed by atoms with Crippen LogP contribution in [0.15, 0.2) is 12.1 Å². The molecular weight excluding hydrogens is 234 g/mol. The Morgan fingerprint density at radius 3 is 2.76 bits per heavy atom. The van der Waals surface area contributed by atoms with Gasteiger partial charge in [0, 0.05) is 31.7 Å². The van der Waals surface area contributed by atoms with Crippen molar-refractivity contribution >= 4 is 23.0 Å². The van der Waals surface area contributed by atoms with E-state index in [-0.39, 0.29) is 0 Å². The molecule has 0 spiro atoms. The number of halogens is 1. The molecule has 1 aliphatic heterocycles. The molecule has 0 fully saturated rings. The van der Waals surface area contributed by atoms with Gasteiger partial charge in [-0.05, 0) is 37.6 Å². The van der Waals surface area contributed by atoms with E-state index in [1.807, 2.05) is 12.1 Å². The van der Waals surface area contributed by atoms with E-state index in [4.69, 9.17) is 17.3 Å². The van der Waals surface area contributed by atoms with E-state index < -0.39 is 0 Å². The first-order chi connectivity index (χ1) is 8.04. The van der Waals surface area contributed by atoms with Crippen molar-refractivity contribution in [2.75, 3.05) is 37.0 Å². The van der Waals surface area contributed by atoms with E-state index in [0.717, 1.165) is 24.5 Å². The Morgan fingerprint density at radius 1 is 1.41 bits per heavy atom. The smallest absolute Gasteiger partial charge is 0.0635 e. The van der Waals surface area contributed by atoms with E-state index in [9.17, 15) is 0 Å². The number of nitrogens with two attached hydrogens (primary N) is 1. The van der Waals surface area contributed by atoms with Crippen LogP contribution in [-0.2, 0) is 0 Å². The van der Waals surface area contributed by atoms with Gasteiger partial charge in [-0.3, -0.25) is 0 Å². The Hall–Kier alpha value is -0.930. The van der Waals surface area contributed by atoms with Crippen LogP contribution in [0, 0.1) is 6.92 Å². The van der Waals surface area contributed by atoms with Crippen LogP contribution in [0.5, 0.6) is 0 Å². The molecule has 1 unspecified atom stereocenters. The van der Waals surface area contributed by atoms with Crippen LogP contribution < -0.4 is 15.5 Å². The summed E-state index contributed by atoms with van der Waals surface area (Å²) < 4.78 is 0. The third-order valence-corrected chi connectivity index (χ3v) is 3.76. The average molecular weight is 254 g/mol. The summed E-state index contributed by atoms with van der Waals surface area (Å²) >= 11 is 6.13. The van der Waals surface area contributed by atoms with Crippen molar-refractivity contribution in [1.82, 2.24) is 0 Å². The Labute approximate surface area is 108 Å². The largest absolute Gasteiger partial charge is 0.371 e. The number of nitrogens with zero attached hydrogens (tertiary/aromatic N) is 2. The van der Waals surface area contributed by atoms with Gasteiger partial charge in [-0.1, -0.05) is 11.6 Å². The molecule has 1 heterocycles. The minimum atomic E-state index is 0.484. The van der Waals surface area contributed by atoms with Crippen LogP contribution in [0.4, 0.5) is 11.4 Å². The lowest BCUT2D eigenvalue weighted by atomic mass is 10.0. The molecule has 3 nitrogen and oxygen atoms in total. The molecule has 0 saturated heterocycles. The lowest BCUT2D eigenvalue weighted by Crippen LogP contribution is -2.47. The highest BCUT2D eigenvalue weighted by molar-refractivity contribution is 6.31. The Morgan fingerprint density at radius 2 is 2.12 bits per heavy atom. The molecule has 1 aliphatic rings. The zero-order chi connectivity index (χ0) is 12.6. The summed E-state index contributed by atoms with van der Waals surface area (Å²) in [4.78, 5) is 4.61. The Kier molecular flexibility index (Phi) is 3.50. The molecule has 0 radical (unpaired) electrons. The fraction of sp³-hybridized carbons (Fsp3) is 0.538. The fourth-order valence-corrected chi connectivity index (χ4v) is 2.93. The molecule has 1 aromatic carbocycles. The van der Waals surface area contributed by atoms with E-state index in [2.05, 4.69) is 30.8 Å². The second-order valence-corrected chi connectivity index (χ2v) is 5.25. The van der Waals surface area contributed by atoms with E-state index in [1.54, 1.807) is 0 Å². The number of aryl methyl sites for hydroxylation is 1. The topological polar surface area (TPSA) is 32.5 Å². The van der Waals surface area contributed by atoms with Crippen molar-refractivity contribution in [2.24, 2.45) is 5.73 Å². The zero-order valence-electron chi connectivity index (χ0n) is 10.7. The lowest BCUT2D eigenvalue weighted by Gasteiger charge is -2.42. The monoisotopic (exact) mass is 253 g/mol. The van der Waals surface area contributed by atoms with E-state index in [0.29, 0.717) is 6.04 Å². The van der Waals surface area contributed by atoms with Gasteiger partial charge in [0.2, 0.25) is 0 Å². The first kappa shape index (κ1) is 12.5. The first-order valence-electron chi connectivity index (χ1n) is 5.98. The molecule has 1 atom stereocenters. The van der Waals surface area contributed by atoms with Crippen molar-refractivity contribution in [3.63, 3.8) is 0 Å². The van der Waals surface area contributed by atoms with E-state index in [1.165, 1.54) is 16.9 Å². The van der Waals surface area contributed by atoms with E-state index >= 15 is 0 Å². The predicted molar refractivity (Wildman–Crippen MR) is 75.3 cm³/mol. The maximum Gasteiger partial charge on any atom is 0.0635 e. The maximum absolute atomic E-state index is 6.13. The van der Waals surface area contributed by atoms with Crippen molar-refractivity contribution in [1.29, 1.82) is 0 Å². The molecule has 0 bridgehead atoms. The SMILES string of the molecule is Cc1cc(Cl)cc2c1N(C)C(CCN)CN2C. The lowest BCUT2D eigenvalue weighted by molar-refractivity contribution is 0.566. The van der Waals surface area contributed by atoms with Crippen LogP contribution in [0.1, 0.15) is 12.0 Å². The van der Waals surface area contributed by atoms with Gasteiger partial charge in [-0.2, -0.15) is 0 Å². The number of hydrogen-bond donors (Lipinski definition) is 1. The second-order valence-electron chi connectivity index (χ2n) is 4.81. The molecule has 2 rings (SSSR count). The summed E-state index contributed by atoms with van der Waals surface area (Å²) in [5.74, 6) is 0. The highest BCUT2D eigenvalue weighted by atomic mass is 35.5. The summed E-state index contributed by atoms with van der Waals surface area (Å²) in [6.45, 7) is 3.84. The quantitative estimate of drug-likeness (QED) is 0.878. The molecule has 0 aromatic heterocycles. The third kappa shape index (κ3) is 2.22. The minimum Gasteiger partial charge on any atom is -0.371 e. The first-order valence-corrected chi connectivity index (χ1v) is 6.36. The number of anilines is 2. The van der Waals surface area contributed by atoms with Crippen LogP contribution >= 0.6 is 11.6 Å². The average Bonchev–Trinajstić information content (AvgIpc) is 2.25. The minimum absolute atomic E-state index is 0.484. The van der Waals surface area contributed by atoms with Gasteiger partial charge >= 0.3 is 0 Å². The highest BCUT2D eigenvalue weighted by Crippen LogP contribution is 2.39. The van der Waals surface area contributed by atoms with Gasteiger partial charge in [0.25, 0.3) is 0 Å². The Bertz CT molecular complexity index is 419. The van der Waals surface area contributed by atoms with Crippen LogP contribution in [-0.4, -0.2) is 33.2 Å².